The quantitative estimate of drug-likeness (QED) is 0.789. The maximum atomic E-state index is 5.42. The molecule has 1 N–H and O–H groups in total. The predicted molar refractivity (Wildman–Crippen MR) is 97.3 cm³/mol. The SMILES string of the molecule is CC.COc1cc2ncnc(N3CCc4[nH]ncc4C3)c2cc1OC. The minimum atomic E-state index is 0.667. The van der Waals surface area contributed by atoms with Gasteiger partial charge in [-0.3, -0.25) is 5.10 Å². The molecule has 0 unspecified atom stereocenters. The van der Waals surface area contributed by atoms with Crippen LogP contribution in [-0.2, 0) is 13.0 Å². The van der Waals surface area contributed by atoms with E-state index >= 15 is 0 Å². The normalized spacial score (nSPS) is 13.0. The van der Waals surface area contributed by atoms with E-state index < -0.39 is 0 Å². The first-order valence-electron chi connectivity index (χ1n) is 8.43. The predicted octanol–water partition coefficient (Wildman–Crippen LogP) is 2.96. The number of anilines is 1. The van der Waals surface area contributed by atoms with Crippen LogP contribution in [0.5, 0.6) is 11.5 Å². The van der Waals surface area contributed by atoms with Crippen molar-refractivity contribution in [3.05, 3.63) is 35.9 Å². The zero-order valence-corrected chi connectivity index (χ0v) is 15.0. The molecule has 132 valence electrons. The lowest BCUT2D eigenvalue weighted by molar-refractivity contribution is 0.356. The average molecular weight is 341 g/mol. The van der Waals surface area contributed by atoms with Gasteiger partial charge in [-0.15, -0.1) is 0 Å². The van der Waals surface area contributed by atoms with Gasteiger partial charge in [0, 0.05) is 42.2 Å². The van der Waals surface area contributed by atoms with Crippen LogP contribution in [0, 0.1) is 0 Å². The van der Waals surface area contributed by atoms with Gasteiger partial charge >= 0.3 is 0 Å². The Labute approximate surface area is 147 Å². The summed E-state index contributed by atoms with van der Waals surface area (Å²) >= 11 is 0. The van der Waals surface area contributed by atoms with E-state index in [1.54, 1.807) is 20.5 Å². The summed E-state index contributed by atoms with van der Waals surface area (Å²) in [5, 5.41) is 8.13. The standard InChI is InChI=1S/C16H17N5O2.C2H6/c1-22-14-5-11-13(6-15(14)23-2)17-9-18-16(11)21-4-3-12-10(8-21)7-19-20-12;1-2/h5-7,9H,3-4,8H2,1-2H3,(H,19,20);1-2H3. The van der Waals surface area contributed by atoms with Crippen molar-refractivity contribution in [3.8, 4) is 11.5 Å². The van der Waals surface area contributed by atoms with Crippen LogP contribution >= 0.6 is 0 Å². The molecule has 7 nitrogen and oxygen atoms in total. The van der Waals surface area contributed by atoms with Crippen molar-refractivity contribution < 1.29 is 9.47 Å². The summed E-state index contributed by atoms with van der Waals surface area (Å²) in [5.41, 5.74) is 3.26. The minimum absolute atomic E-state index is 0.667. The van der Waals surface area contributed by atoms with Gasteiger partial charge in [0.15, 0.2) is 11.5 Å². The van der Waals surface area contributed by atoms with Crippen LogP contribution in [0.1, 0.15) is 25.1 Å². The number of nitrogens with zero attached hydrogens (tertiary/aromatic N) is 4. The third kappa shape index (κ3) is 3.09. The second kappa shape index (κ2) is 7.38. The topological polar surface area (TPSA) is 76.2 Å². The monoisotopic (exact) mass is 341 g/mol. The van der Waals surface area contributed by atoms with Crippen molar-refractivity contribution in [2.24, 2.45) is 0 Å². The summed E-state index contributed by atoms with van der Waals surface area (Å²) in [7, 11) is 3.25. The van der Waals surface area contributed by atoms with Gasteiger partial charge in [-0.1, -0.05) is 13.8 Å². The van der Waals surface area contributed by atoms with E-state index in [9.17, 15) is 0 Å². The summed E-state index contributed by atoms with van der Waals surface area (Å²) < 4.78 is 10.8. The lowest BCUT2D eigenvalue weighted by Gasteiger charge is -2.28. The molecule has 0 fully saturated rings. The number of ether oxygens (including phenoxy) is 2. The largest absolute Gasteiger partial charge is 0.493 e. The number of H-pyrrole nitrogens is 1. The molecule has 1 aliphatic rings. The lowest BCUT2D eigenvalue weighted by Crippen LogP contribution is -2.30. The molecule has 7 heteroatoms. The van der Waals surface area contributed by atoms with Gasteiger partial charge in [0.2, 0.25) is 0 Å². The van der Waals surface area contributed by atoms with Crippen LogP contribution in [0.4, 0.5) is 5.82 Å². The van der Waals surface area contributed by atoms with E-state index in [1.165, 1.54) is 11.3 Å². The zero-order valence-electron chi connectivity index (χ0n) is 15.0. The molecule has 0 aliphatic carbocycles. The highest BCUT2D eigenvalue weighted by atomic mass is 16.5. The number of aromatic amines is 1. The first kappa shape index (κ1) is 17.0. The van der Waals surface area contributed by atoms with Crippen LogP contribution in [0.25, 0.3) is 10.9 Å². The van der Waals surface area contributed by atoms with Gasteiger partial charge in [0.1, 0.15) is 12.1 Å². The van der Waals surface area contributed by atoms with Crippen LogP contribution in [0.15, 0.2) is 24.7 Å². The molecule has 0 atom stereocenters. The Kier molecular flexibility index (Phi) is 5.02. The molecular formula is C18H23N5O2. The van der Waals surface area contributed by atoms with Crippen LogP contribution in [0.3, 0.4) is 0 Å². The van der Waals surface area contributed by atoms with Gasteiger partial charge in [-0.05, 0) is 6.07 Å². The van der Waals surface area contributed by atoms with Crippen molar-refractivity contribution in [1.82, 2.24) is 20.2 Å². The molecule has 0 radical (unpaired) electrons. The maximum absolute atomic E-state index is 5.42. The number of hydrogen-bond donors (Lipinski definition) is 1. The molecule has 1 aliphatic heterocycles. The minimum Gasteiger partial charge on any atom is -0.493 e. The second-order valence-corrected chi connectivity index (χ2v) is 5.47. The summed E-state index contributed by atoms with van der Waals surface area (Å²) in [6.07, 6.45) is 4.40. The fourth-order valence-electron chi connectivity index (χ4n) is 3.02. The fourth-order valence-corrected chi connectivity index (χ4v) is 3.02. The van der Waals surface area contributed by atoms with E-state index in [-0.39, 0.29) is 0 Å². The molecule has 0 saturated carbocycles. The second-order valence-electron chi connectivity index (χ2n) is 5.47. The van der Waals surface area contributed by atoms with Crippen LogP contribution in [-0.4, -0.2) is 40.9 Å². The third-order valence-electron chi connectivity index (χ3n) is 4.22. The van der Waals surface area contributed by atoms with Crippen molar-refractivity contribution in [2.45, 2.75) is 26.8 Å². The average Bonchev–Trinajstić information content (AvgIpc) is 3.15. The Hall–Kier alpha value is -2.83. The third-order valence-corrected chi connectivity index (χ3v) is 4.22. The number of aromatic nitrogens is 4. The van der Waals surface area contributed by atoms with Crippen molar-refractivity contribution in [1.29, 1.82) is 0 Å². The number of fused-ring (bicyclic) bond motifs is 2. The Morgan fingerprint density at radius 2 is 1.84 bits per heavy atom. The smallest absolute Gasteiger partial charge is 0.162 e. The number of benzene rings is 1. The summed E-state index contributed by atoms with van der Waals surface area (Å²) in [5.74, 6) is 2.25. The first-order chi connectivity index (χ1) is 12.3. The Bertz CT molecular complexity index is 862. The van der Waals surface area contributed by atoms with Crippen LogP contribution in [0.2, 0.25) is 0 Å². The molecule has 1 aromatic carbocycles. The van der Waals surface area contributed by atoms with Crippen molar-refractivity contribution >= 4 is 16.7 Å². The zero-order chi connectivity index (χ0) is 17.8. The molecule has 2 aromatic heterocycles. The van der Waals surface area contributed by atoms with Crippen molar-refractivity contribution in [2.75, 3.05) is 25.7 Å². The maximum Gasteiger partial charge on any atom is 0.162 e. The summed E-state index contributed by atoms with van der Waals surface area (Å²) in [4.78, 5) is 11.1. The van der Waals surface area contributed by atoms with E-state index in [4.69, 9.17) is 9.47 Å². The van der Waals surface area contributed by atoms with E-state index in [1.807, 2.05) is 32.2 Å². The number of rotatable bonds is 3. The molecule has 4 rings (SSSR count). The molecule has 0 saturated heterocycles. The molecule has 0 amide bonds. The highest BCUT2D eigenvalue weighted by molar-refractivity contribution is 5.92. The number of nitrogens with one attached hydrogen (secondary N) is 1. The molecule has 0 bridgehead atoms. The summed E-state index contributed by atoms with van der Waals surface area (Å²) in [6.45, 7) is 5.67. The van der Waals surface area contributed by atoms with Gasteiger partial charge in [-0.2, -0.15) is 5.10 Å². The van der Waals surface area contributed by atoms with Gasteiger partial charge in [0.25, 0.3) is 0 Å². The van der Waals surface area contributed by atoms with Crippen LogP contribution < -0.4 is 14.4 Å². The Balaban J connectivity index is 0.000000880. The highest BCUT2D eigenvalue weighted by Gasteiger charge is 2.21. The van der Waals surface area contributed by atoms with E-state index in [2.05, 4.69) is 25.1 Å². The Morgan fingerprint density at radius 3 is 2.60 bits per heavy atom. The van der Waals surface area contributed by atoms with Gasteiger partial charge in [0.05, 0.1) is 25.9 Å². The molecule has 3 heterocycles. The first-order valence-corrected chi connectivity index (χ1v) is 8.43. The lowest BCUT2D eigenvalue weighted by atomic mass is 10.1. The van der Waals surface area contributed by atoms with E-state index in [0.29, 0.717) is 11.5 Å². The van der Waals surface area contributed by atoms with Gasteiger partial charge < -0.3 is 14.4 Å². The summed E-state index contributed by atoms with van der Waals surface area (Å²) in [6, 6.07) is 3.82. The number of hydrogen-bond acceptors (Lipinski definition) is 6. The van der Waals surface area contributed by atoms with Gasteiger partial charge in [-0.25, -0.2) is 9.97 Å². The molecule has 0 spiro atoms. The van der Waals surface area contributed by atoms with E-state index in [0.717, 1.165) is 36.2 Å². The molecular weight excluding hydrogens is 318 g/mol. The number of methoxy groups -OCH3 is 2. The molecule has 25 heavy (non-hydrogen) atoms. The fraction of sp³-hybridized carbons (Fsp3) is 0.389. The highest BCUT2D eigenvalue weighted by Crippen LogP contribution is 2.35. The molecule has 3 aromatic rings. The Morgan fingerprint density at radius 1 is 1.08 bits per heavy atom. The van der Waals surface area contributed by atoms with Crippen molar-refractivity contribution in [3.63, 3.8) is 0 Å².